The molecular formula is C16H15N3O2. The summed E-state index contributed by atoms with van der Waals surface area (Å²) in [5, 5.41) is 16.2. The third kappa shape index (κ3) is 2.86. The van der Waals surface area contributed by atoms with Gasteiger partial charge in [0.1, 0.15) is 5.75 Å². The van der Waals surface area contributed by atoms with E-state index in [1.807, 2.05) is 36.5 Å². The van der Waals surface area contributed by atoms with Crippen molar-refractivity contribution in [3.63, 3.8) is 0 Å². The van der Waals surface area contributed by atoms with E-state index in [0.29, 0.717) is 18.5 Å². The molecule has 2 aromatic heterocycles. The smallest absolute Gasteiger partial charge is 0.255 e. The molecule has 0 fully saturated rings. The maximum Gasteiger partial charge on any atom is 0.255 e. The first kappa shape index (κ1) is 13.2. The van der Waals surface area contributed by atoms with Crippen molar-refractivity contribution in [3.05, 3.63) is 66.0 Å². The molecule has 5 heteroatoms. The number of hydrogen-bond donors (Lipinski definition) is 2. The number of carbonyl (C=O) groups is 1. The molecule has 2 heterocycles. The maximum atomic E-state index is 12.2. The number of benzene rings is 1. The predicted molar refractivity (Wildman–Crippen MR) is 79.3 cm³/mol. The molecule has 21 heavy (non-hydrogen) atoms. The lowest BCUT2D eigenvalue weighted by molar-refractivity contribution is 0.0955. The molecule has 0 unspecified atom stereocenters. The zero-order chi connectivity index (χ0) is 14.7. The normalized spacial score (nSPS) is 10.7. The van der Waals surface area contributed by atoms with Crippen molar-refractivity contribution in [2.24, 2.45) is 0 Å². The average Bonchev–Trinajstić information content (AvgIpc) is 2.93. The van der Waals surface area contributed by atoms with Crippen LogP contribution in [0.15, 0.2) is 54.9 Å². The summed E-state index contributed by atoms with van der Waals surface area (Å²) >= 11 is 0. The van der Waals surface area contributed by atoms with Crippen LogP contribution in [0.2, 0.25) is 0 Å². The SMILES string of the molecule is O=C(NCCc1ccc(O)cc1)c1cnn2ccccc12. The van der Waals surface area contributed by atoms with Crippen molar-refractivity contribution >= 4 is 11.4 Å². The lowest BCUT2D eigenvalue weighted by Gasteiger charge is -2.04. The Labute approximate surface area is 121 Å². The number of nitrogens with one attached hydrogen (secondary N) is 1. The van der Waals surface area contributed by atoms with Gasteiger partial charge in [0.15, 0.2) is 0 Å². The van der Waals surface area contributed by atoms with Gasteiger partial charge in [-0.3, -0.25) is 4.79 Å². The van der Waals surface area contributed by atoms with Gasteiger partial charge >= 0.3 is 0 Å². The number of rotatable bonds is 4. The van der Waals surface area contributed by atoms with Gasteiger partial charge in [0, 0.05) is 12.7 Å². The van der Waals surface area contributed by atoms with Gasteiger partial charge in [-0.1, -0.05) is 18.2 Å². The van der Waals surface area contributed by atoms with Crippen molar-refractivity contribution in [3.8, 4) is 5.75 Å². The van der Waals surface area contributed by atoms with Crippen LogP contribution in [0.3, 0.4) is 0 Å². The van der Waals surface area contributed by atoms with Gasteiger partial charge in [0.25, 0.3) is 5.91 Å². The first-order valence-corrected chi connectivity index (χ1v) is 6.72. The highest BCUT2D eigenvalue weighted by Gasteiger charge is 2.11. The largest absolute Gasteiger partial charge is 0.508 e. The van der Waals surface area contributed by atoms with E-state index < -0.39 is 0 Å². The Morgan fingerprint density at radius 1 is 1.19 bits per heavy atom. The van der Waals surface area contributed by atoms with Gasteiger partial charge in [-0.05, 0) is 36.2 Å². The highest BCUT2D eigenvalue weighted by Crippen LogP contribution is 2.11. The van der Waals surface area contributed by atoms with Gasteiger partial charge < -0.3 is 10.4 Å². The fourth-order valence-corrected chi connectivity index (χ4v) is 2.19. The minimum atomic E-state index is -0.130. The maximum absolute atomic E-state index is 12.2. The van der Waals surface area contributed by atoms with E-state index >= 15 is 0 Å². The summed E-state index contributed by atoms with van der Waals surface area (Å²) in [5.41, 5.74) is 2.42. The van der Waals surface area contributed by atoms with Crippen LogP contribution >= 0.6 is 0 Å². The molecule has 0 atom stereocenters. The number of phenolic OH excluding ortho intramolecular Hbond substituents is 1. The first-order valence-electron chi connectivity index (χ1n) is 6.72. The zero-order valence-corrected chi connectivity index (χ0v) is 11.4. The second-order valence-electron chi connectivity index (χ2n) is 4.76. The second-order valence-corrected chi connectivity index (χ2v) is 4.76. The summed E-state index contributed by atoms with van der Waals surface area (Å²) < 4.78 is 1.68. The fourth-order valence-electron chi connectivity index (χ4n) is 2.19. The highest BCUT2D eigenvalue weighted by molar-refractivity contribution is 6.00. The van der Waals surface area contributed by atoms with E-state index in [2.05, 4.69) is 10.4 Å². The Morgan fingerprint density at radius 2 is 2.00 bits per heavy atom. The summed E-state index contributed by atoms with van der Waals surface area (Å²) in [7, 11) is 0. The molecule has 2 N–H and O–H groups in total. The number of phenols is 1. The van der Waals surface area contributed by atoms with E-state index in [1.54, 1.807) is 22.8 Å². The minimum absolute atomic E-state index is 0.130. The number of aromatic hydroxyl groups is 1. The number of carbonyl (C=O) groups excluding carboxylic acids is 1. The van der Waals surface area contributed by atoms with Crippen LogP contribution in [-0.4, -0.2) is 27.2 Å². The molecule has 106 valence electrons. The molecule has 0 spiro atoms. The van der Waals surface area contributed by atoms with Crippen molar-refractivity contribution < 1.29 is 9.90 Å². The molecular weight excluding hydrogens is 266 g/mol. The van der Waals surface area contributed by atoms with Crippen LogP contribution in [0.5, 0.6) is 5.75 Å². The summed E-state index contributed by atoms with van der Waals surface area (Å²) in [6.45, 7) is 0.535. The molecule has 1 amide bonds. The quantitative estimate of drug-likeness (QED) is 0.768. The molecule has 0 aliphatic heterocycles. The standard InChI is InChI=1S/C16H15N3O2/c20-13-6-4-12(5-7-13)8-9-17-16(21)14-11-18-19-10-2-1-3-15(14)19/h1-7,10-11,20H,8-9H2,(H,17,21). The van der Waals surface area contributed by atoms with Crippen LogP contribution in [0.1, 0.15) is 15.9 Å². The minimum Gasteiger partial charge on any atom is -0.508 e. The summed E-state index contributed by atoms with van der Waals surface area (Å²) in [5.74, 6) is 0.115. The topological polar surface area (TPSA) is 66.6 Å². The number of amides is 1. The predicted octanol–water partition coefficient (Wildman–Crippen LogP) is 2.01. The van der Waals surface area contributed by atoms with Crippen LogP contribution in [0, 0.1) is 0 Å². The van der Waals surface area contributed by atoms with Gasteiger partial charge in [-0.15, -0.1) is 0 Å². The van der Waals surface area contributed by atoms with E-state index in [-0.39, 0.29) is 11.7 Å². The zero-order valence-electron chi connectivity index (χ0n) is 11.4. The third-order valence-electron chi connectivity index (χ3n) is 3.31. The van der Waals surface area contributed by atoms with E-state index in [9.17, 15) is 9.90 Å². The molecule has 0 saturated heterocycles. The molecule has 3 aromatic rings. The van der Waals surface area contributed by atoms with E-state index in [1.165, 1.54) is 0 Å². The Morgan fingerprint density at radius 3 is 2.81 bits per heavy atom. The van der Waals surface area contributed by atoms with Crippen molar-refractivity contribution in [2.75, 3.05) is 6.54 Å². The molecule has 0 saturated carbocycles. The molecule has 0 radical (unpaired) electrons. The summed E-state index contributed by atoms with van der Waals surface area (Å²) in [4.78, 5) is 12.2. The summed E-state index contributed by atoms with van der Waals surface area (Å²) in [6, 6.07) is 12.6. The van der Waals surface area contributed by atoms with Crippen LogP contribution in [0.4, 0.5) is 0 Å². The monoisotopic (exact) mass is 281 g/mol. The third-order valence-corrected chi connectivity index (χ3v) is 3.31. The lowest BCUT2D eigenvalue weighted by Crippen LogP contribution is -2.25. The van der Waals surface area contributed by atoms with Gasteiger partial charge in [0.2, 0.25) is 0 Å². The molecule has 3 rings (SSSR count). The Kier molecular flexibility index (Phi) is 3.55. The highest BCUT2D eigenvalue weighted by atomic mass is 16.3. The second kappa shape index (κ2) is 5.66. The average molecular weight is 281 g/mol. The van der Waals surface area contributed by atoms with E-state index in [0.717, 1.165) is 11.1 Å². The number of aromatic nitrogens is 2. The van der Waals surface area contributed by atoms with Crippen molar-refractivity contribution in [1.82, 2.24) is 14.9 Å². The van der Waals surface area contributed by atoms with Gasteiger partial charge in [0.05, 0.1) is 17.3 Å². The molecule has 0 bridgehead atoms. The first-order chi connectivity index (χ1) is 10.2. The van der Waals surface area contributed by atoms with Crippen LogP contribution < -0.4 is 5.32 Å². The van der Waals surface area contributed by atoms with Crippen LogP contribution in [-0.2, 0) is 6.42 Å². The molecule has 1 aromatic carbocycles. The number of fused-ring (bicyclic) bond motifs is 1. The number of pyridine rings is 1. The van der Waals surface area contributed by atoms with Crippen LogP contribution in [0.25, 0.3) is 5.52 Å². The molecule has 0 aliphatic carbocycles. The summed E-state index contributed by atoms with van der Waals surface area (Å²) in [6.07, 6.45) is 4.10. The van der Waals surface area contributed by atoms with E-state index in [4.69, 9.17) is 0 Å². The Bertz CT molecular complexity index is 763. The molecule has 5 nitrogen and oxygen atoms in total. The van der Waals surface area contributed by atoms with Gasteiger partial charge in [-0.2, -0.15) is 5.10 Å². The molecule has 0 aliphatic rings. The van der Waals surface area contributed by atoms with Crippen molar-refractivity contribution in [1.29, 1.82) is 0 Å². The Hall–Kier alpha value is -2.82. The lowest BCUT2D eigenvalue weighted by atomic mass is 10.1. The number of nitrogens with zero attached hydrogens (tertiary/aromatic N) is 2. The Balaban J connectivity index is 1.63. The van der Waals surface area contributed by atoms with Crippen molar-refractivity contribution in [2.45, 2.75) is 6.42 Å². The fraction of sp³-hybridized carbons (Fsp3) is 0.125. The number of hydrogen-bond acceptors (Lipinski definition) is 3. The van der Waals surface area contributed by atoms with Gasteiger partial charge in [-0.25, -0.2) is 4.52 Å².